The number of hydrogen-bond acceptors (Lipinski definition) is 3. The van der Waals surface area contributed by atoms with Gasteiger partial charge in [0.2, 0.25) is 0 Å². The highest BCUT2D eigenvalue weighted by Crippen LogP contribution is 2.64. The smallest absolute Gasteiger partial charge is 0.397 e. The predicted molar refractivity (Wildman–Crippen MR) is 97.4 cm³/mol. The van der Waals surface area contributed by atoms with Crippen LogP contribution < -0.4 is 4.52 Å². The molecule has 2 aliphatic carbocycles. The minimum Gasteiger partial charge on any atom is -0.426 e. The highest BCUT2D eigenvalue weighted by atomic mass is 31.2. The summed E-state index contributed by atoms with van der Waals surface area (Å²) in [5.74, 6) is 2.42. The lowest BCUT2D eigenvalue weighted by Gasteiger charge is -2.60. The fraction of sp³-hybridized carbons (Fsp3) is 0.700. The van der Waals surface area contributed by atoms with E-state index >= 15 is 0 Å². The Morgan fingerprint density at radius 3 is 2.08 bits per heavy atom. The topological polar surface area (TPSA) is 27.7 Å². The van der Waals surface area contributed by atoms with Crippen LogP contribution >= 0.6 is 8.60 Å². The van der Waals surface area contributed by atoms with Gasteiger partial charge in [0.25, 0.3) is 0 Å². The third-order valence-electron chi connectivity index (χ3n) is 5.74. The van der Waals surface area contributed by atoms with Crippen molar-refractivity contribution < 1.29 is 13.6 Å². The van der Waals surface area contributed by atoms with Crippen molar-refractivity contribution in [1.29, 1.82) is 0 Å². The van der Waals surface area contributed by atoms with Gasteiger partial charge in [-0.05, 0) is 41.2 Å². The van der Waals surface area contributed by atoms with Gasteiger partial charge in [0, 0.05) is 11.5 Å². The van der Waals surface area contributed by atoms with Crippen molar-refractivity contribution >= 4 is 8.60 Å². The molecule has 132 valence electrons. The second-order valence-electron chi connectivity index (χ2n) is 9.62. The zero-order valence-electron chi connectivity index (χ0n) is 15.6. The molecule has 3 nitrogen and oxygen atoms in total. The van der Waals surface area contributed by atoms with Crippen molar-refractivity contribution in [3.05, 3.63) is 29.3 Å². The summed E-state index contributed by atoms with van der Waals surface area (Å²) in [6.07, 6.45) is 3.14. The molecule has 3 fully saturated rings. The van der Waals surface area contributed by atoms with Crippen molar-refractivity contribution in [2.45, 2.75) is 77.4 Å². The Bertz CT molecular complexity index is 627. The van der Waals surface area contributed by atoms with E-state index in [1.807, 2.05) is 0 Å². The predicted octanol–water partition coefficient (Wildman–Crippen LogP) is 5.71. The summed E-state index contributed by atoms with van der Waals surface area (Å²) in [5, 5.41) is 0. The molecule has 2 unspecified atom stereocenters. The maximum absolute atomic E-state index is 6.25. The first kappa shape index (κ1) is 16.8. The molecule has 0 bridgehead atoms. The molecular formula is C20H29O3P. The van der Waals surface area contributed by atoms with Crippen LogP contribution in [0.15, 0.2) is 18.2 Å². The Morgan fingerprint density at radius 1 is 0.958 bits per heavy atom. The molecule has 1 aromatic rings. The summed E-state index contributed by atoms with van der Waals surface area (Å²) in [4.78, 5) is 0. The lowest BCUT2D eigenvalue weighted by molar-refractivity contribution is -0.193. The standard InChI is InChI=1S/C20H29O3P/c1-19(2,3)13-7-8-15(14(11-13)20(4,5)6)21-24-22-16-9-12-10-17(23-24)18(12)16/h7-8,11-12,16-18H,9-10H2,1-6H3. The molecule has 0 radical (unpaired) electrons. The van der Waals surface area contributed by atoms with Gasteiger partial charge in [0.1, 0.15) is 5.75 Å². The van der Waals surface area contributed by atoms with E-state index in [4.69, 9.17) is 13.6 Å². The molecule has 3 aliphatic rings. The van der Waals surface area contributed by atoms with Crippen molar-refractivity contribution in [1.82, 2.24) is 0 Å². The molecule has 0 aromatic heterocycles. The molecule has 2 atom stereocenters. The molecule has 0 spiro atoms. The Labute approximate surface area is 147 Å². The van der Waals surface area contributed by atoms with Gasteiger partial charge in [0.15, 0.2) is 0 Å². The maximum Gasteiger partial charge on any atom is 0.397 e. The van der Waals surface area contributed by atoms with Crippen LogP contribution in [-0.2, 0) is 19.9 Å². The Balaban J connectivity index is 1.57. The minimum atomic E-state index is -1.27. The van der Waals surface area contributed by atoms with E-state index in [9.17, 15) is 0 Å². The zero-order chi connectivity index (χ0) is 17.3. The van der Waals surface area contributed by atoms with E-state index in [1.165, 1.54) is 24.0 Å². The first-order valence-electron chi connectivity index (χ1n) is 9.09. The van der Waals surface area contributed by atoms with E-state index in [0.29, 0.717) is 18.1 Å². The normalized spacial score (nSPS) is 34.8. The summed E-state index contributed by atoms with van der Waals surface area (Å²) >= 11 is 0. The van der Waals surface area contributed by atoms with Gasteiger partial charge in [-0.25, -0.2) is 0 Å². The van der Waals surface area contributed by atoms with Gasteiger partial charge in [0.05, 0.1) is 12.2 Å². The molecule has 0 amide bonds. The van der Waals surface area contributed by atoms with Crippen molar-refractivity contribution in [3.8, 4) is 5.75 Å². The third kappa shape index (κ3) is 2.79. The van der Waals surface area contributed by atoms with Crippen molar-refractivity contribution in [2.75, 3.05) is 0 Å². The van der Waals surface area contributed by atoms with Gasteiger partial charge in [-0.3, -0.25) is 9.05 Å². The second-order valence-corrected chi connectivity index (χ2v) is 10.7. The summed E-state index contributed by atoms with van der Waals surface area (Å²) in [6, 6.07) is 6.57. The van der Waals surface area contributed by atoms with E-state index in [1.54, 1.807) is 0 Å². The number of rotatable bonds is 2. The van der Waals surface area contributed by atoms with Gasteiger partial charge < -0.3 is 4.52 Å². The van der Waals surface area contributed by atoms with Gasteiger partial charge in [-0.15, -0.1) is 0 Å². The van der Waals surface area contributed by atoms with E-state index in [-0.39, 0.29) is 10.8 Å². The highest BCUT2D eigenvalue weighted by Gasteiger charge is 2.60. The van der Waals surface area contributed by atoms with Crippen LogP contribution in [0.3, 0.4) is 0 Å². The molecule has 4 heteroatoms. The average Bonchev–Trinajstić information content (AvgIpc) is 2.40. The minimum absolute atomic E-state index is 0.0162. The van der Waals surface area contributed by atoms with Crippen LogP contribution in [0.25, 0.3) is 0 Å². The molecular weight excluding hydrogens is 319 g/mol. The quantitative estimate of drug-likeness (QED) is 0.641. The molecule has 4 rings (SSSR count). The lowest BCUT2D eigenvalue weighted by Crippen LogP contribution is -2.61. The first-order chi connectivity index (χ1) is 11.1. The lowest BCUT2D eigenvalue weighted by atomic mass is 9.56. The Morgan fingerprint density at radius 2 is 1.58 bits per heavy atom. The molecule has 1 saturated heterocycles. The molecule has 24 heavy (non-hydrogen) atoms. The van der Waals surface area contributed by atoms with Gasteiger partial charge in [-0.2, -0.15) is 0 Å². The third-order valence-corrected chi connectivity index (χ3v) is 6.97. The van der Waals surface area contributed by atoms with E-state index in [0.717, 1.165) is 11.7 Å². The average molecular weight is 348 g/mol. The fourth-order valence-electron chi connectivity index (χ4n) is 4.03. The molecule has 0 N–H and O–H groups in total. The summed E-state index contributed by atoms with van der Waals surface area (Å²) in [7, 11) is -1.27. The summed E-state index contributed by atoms with van der Waals surface area (Å²) < 4.78 is 18.4. The van der Waals surface area contributed by atoms with Crippen LogP contribution in [0.4, 0.5) is 0 Å². The molecule has 1 aliphatic heterocycles. The van der Waals surface area contributed by atoms with E-state index in [2.05, 4.69) is 59.7 Å². The largest absolute Gasteiger partial charge is 0.426 e. The highest BCUT2D eigenvalue weighted by molar-refractivity contribution is 7.42. The number of benzene rings is 1. The van der Waals surface area contributed by atoms with Crippen LogP contribution in [0.1, 0.15) is 65.5 Å². The first-order valence-corrected chi connectivity index (χ1v) is 10.2. The Kier molecular flexibility index (Phi) is 3.81. The van der Waals surface area contributed by atoms with Crippen molar-refractivity contribution in [2.24, 2.45) is 11.8 Å². The molecule has 1 aromatic carbocycles. The molecule has 1 heterocycles. The SMILES string of the molecule is CC(C)(C)c1ccc(OP2OC3CC4CC(O2)C43)c(C(C)(C)C)c1. The number of hydrogen-bond donors (Lipinski definition) is 0. The second kappa shape index (κ2) is 5.43. The van der Waals surface area contributed by atoms with Gasteiger partial charge >= 0.3 is 8.60 Å². The van der Waals surface area contributed by atoms with Crippen molar-refractivity contribution in [3.63, 3.8) is 0 Å². The summed E-state index contributed by atoms with van der Waals surface area (Å²) in [6.45, 7) is 13.4. The zero-order valence-corrected chi connectivity index (χ0v) is 16.5. The maximum atomic E-state index is 6.25. The monoisotopic (exact) mass is 348 g/mol. The summed E-state index contributed by atoms with van der Waals surface area (Å²) in [5.41, 5.74) is 2.70. The van der Waals surface area contributed by atoms with Crippen LogP contribution in [0, 0.1) is 11.8 Å². The van der Waals surface area contributed by atoms with E-state index < -0.39 is 8.60 Å². The molecule has 2 saturated carbocycles. The van der Waals surface area contributed by atoms with Gasteiger partial charge in [-0.1, -0.05) is 53.7 Å². The van der Waals surface area contributed by atoms with Crippen LogP contribution in [-0.4, -0.2) is 12.2 Å². The van der Waals surface area contributed by atoms with Crippen LogP contribution in [0.5, 0.6) is 5.75 Å². The Hall–Kier alpha value is -0.630. The fourth-order valence-corrected chi connectivity index (χ4v) is 5.39. The van der Waals surface area contributed by atoms with Crippen LogP contribution in [0.2, 0.25) is 0 Å².